The Kier molecular flexibility index (Phi) is 4.66. The van der Waals surface area contributed by atoms with E-state index in [1.165, 1.54) is 12.1 Å². The molecule has 2 N–H and O–H groups in total. The monoisotopic (exact) mass is 305 g/mol. The van der Waals surface area contributed by atoms with Crippen LogP contribution in [0.1, 0.15) is 19.4 Å². The van der Waals surface area contributed by atoms with Gasteiger partial charge in [-0.1, -0.05) is 12.1 Å². The van der Waals surface area contributed by atoms with Crippen LogP contribution in [0.3, 0.4) is 0 Å². The Morgan fingerprint density at radius 1 is 1.47 bits per heavy atom. The van der Waals surface area contributed by atoms with Crippen molar-refractivity contribution in [2.24, 2.45) is 0 Å². The van der Waals surface area contributed by atoms with E-state index in [1.807, 2.05) is 13.8 Å². The summed E-state index contributed by atoms with van der Waals surface area (Å²) in [6.45, 7) is 4.19. The van der Waals surface area contributed by atoms with E-state index in [-0.39, 0.29) is 34.9 Å². The molecule has 0 saturated carbocycles. The smallest absolute Gasteiger partial charge is 0.208 e. The van der Waals surface area contributed by atoms with Crippen molar-refractivity contribution in [2.45, 2.75) is 31.7 Å². The molecule has 1 aromatic carbocycles. The van der Waals surface area contributed by atoms with Gasteiger partial charge in [0.2, 0.25) is 5.79 Å². The normalized spacial score (nSPS) is 32.9. The largest absolute Gasteiger partial charge is 0.361 e. The first-order valence-electron chi connectivity index (χ1n) is 5.41. The van der Waals surface area contributed by atoms with E-state index < -0.39 is 5.79 Å². The van der Waals surface area contributed by atoms with Gasteiger partial charge in [0.15, 0.2) is 0 Å². The predicted molar refractivity (Wildman–Crippen MR) is 68.6 cm³/mol. The molecule has 0 spiro atoms. The topological polar surface area (TPSA) is 41.5 Å². The summed E-state index contributed by atoms with van der Waals surface area (Å²) in [5, 5.41) is 13.6. The van der Waals surface area contributed by atoms with E-state index in [4.69, 9.17) is 4.74 Å². The molecule has 3 nitrogen and oxygen atoms in total. The maximum absolute atomic E-state index is 13.1. The summed E-state index contributed by atoms with van der Waals surface area (Å²) in [4.78, 5) is 0. The molecule has 0 aromatic heterocycles. The van der Waals surface area contributed by atoms with Gasteiger partial charge in [0.25, 0.3) is 0 Å². The number of morpholine rings is 1. The van der Waals surface area contributed by atoms with Gasteiger partial charge in [-0.3, -0.25) is 0 Å². The van der Waals surface area contributed by atoms with Crippen LogP contribution in [0.5, 0.6) is 0 Å². The lowest BCUT2D eigenvalue weighted by Gasteiger charge is -2.41. The van der Waals surface area contributed by atoms with Gasteiger partial charge < -0.3 is 15.2 Å². The first-order chi connectivity index (χ1) is 7.52. The maximum atomic E-state index is 13.1. The zero-order chi connectivity index (χ0) is 11.8. The maximum Gasteiger partial charge on any atom is 0.208 e. The number of aliphatic hydroxyl groups is 1. The van der Waals surface area contributed by atoms with Crippen LogP contribution in [0.25, 0.3) is 0 Å². The van der Waals surface area contributed by atoms with E-state index in [0.717, 1.165) is 0 Å². The van der Waals surface area contributed by atoms with Gasteiger partial charge in [-0.05, 0) is 26.0 Å². The SMILES string of the molecule is Br.CC1COC(O)(c2cccc(F)c2)C(C)N1. The van der Waals surface area contributed by atoms with Gasteiger partial charge in [-0.2, -0.15) is 0 Å². The Morgan fingerprint density at radius 2 is 2.18 bits per heavy atom. The molecule has 96 valence electrons. The molecule has 1 heterocycles. The quantitative estimate of drug-likeness (QED) is 0.833. The van der Waals surface area contributed by atoms with E-state index in [9.17, 15) is 9.50 Å². The fraction of sp³-hybridized carbons (Fsp3) is 0.500. The summed E-state index contributed by atoms with van der Waals surface area (Å²) in [6, 6.07) is 5.78. The highest BCUT2D eigenvalue weighted by molar-refractivity contribution is 8.93. The van der Waals surface area contributed by atoms with Gasteiger partial charge in [0.1, 0.15) is 5.82 Å². The average Bonchev–Trinajstić information content (AvgIpc) is 2.24. The second-order valence-electron chi connectivity index (χ2n) is 4.31. The van der Waals surface area contributed by atoms with Crippen molar-refractivity contribution in [3.63, 3.8) is 0 Å². The molecule has 1 aliphatic heterocycles. The number of ether oxygens (including phenoxy) is 1. The van der Waals surface area contributed by atoms with Crippen LogP contribution < -0.4 is 5.32 Å². The third-order valence-corrected chi connectivity index (χ3v) is 2.91. The molecule has 0 aliphatic carbocycles. The van der Waals surface area contributed by atoms with Gasteiger partial charge in [0, 0.05) is 11.6 Å². The van der Waals surface area contributed by atoms with Crippen LogP contribution in [0, 0.1) is 5.82 Å². The molecule has 5 heteroatoms. The molecule has 1 aliphatic rings. The number of benzene rings is 1. The highest BCUT2D eigenvalue weighted by Gasteiger charge is 2.41. The van der Waals surface area contributed by atoms with Crippen molar-refractivity contribution < 1.29 is 14.2 Å². The standard InChI is InChI=1S/C12H16FNO2.BrH/c1-8-7-16-12(15,9(2)14-8)10-4-3-5-11(13)6-10;/h3-6,8-9,14-15H,7H2,1-2H3;1H. The number of hydrogen-bond acceptors (Lipinski definition) is 3. The summed E-state index contributed by atoms with van der Waals surface area (Å²) < 4.78 is 18.6. The Balaban J connectivity index is 0.00000144. The minimum Gasteiger partial charge on any atom is -0.361 e. The highest BCUT2D eigenvalue weighted by atomic mass is 79.9. The summed E-state index contributed by atoms with van der Waals surface area (Å²) in [7, 11) is 0. The van der Waals surface area contributed by atoms with Crippen molar-refractivity contribution in [3.8, 4) is 0 Å². The predicted octanol–water partition coefficient (Wildman–Crippen LogP) is 1.95. The van der Waals surface area contributed by atoms with Crippen LogP contribution >= 0.6 is 17.0 Å². The minimum absolute atomic E-state index is 0. The molecule has 2 rings (SSSR count). The van der Waals surface area contributed by atoms with Crippen molar-refractivity contribution in [1.29, 1.82) is 0 Å². The minimum atomic E-state index is -1.45. The molecule has 17 heavy (non-hydrogen) atoms. The molecule has 0 radical (unpaired) electrons. The fourth-order valence-corrected chi connectivity index (χ4v) is 2.01. The molecule has 0 bridgehead atoms. The average molecular weight is 306 g/mol. The first-order valence-corrected chi connectivity index (χ1v) is 5.41. The van der Waals surface area contributed by atoms with Crippen molar-refractivity contribution in [2.75, 3.05) is 6.61 Å². The Bertz CT molecular complexity index is 391. The second-order valence-corrected chi connectivity index (χ2v) is 4.31. The summed E-state index contributed by atoms with van der Waals surface area (Å²) in [6.07, 6.45) is 0. The molecule has 1 fully saturated rings. The Morgan fingerprint density at radius 3 is 2.76 bits per heavy atom. The molecule has 1 aromatic rings. The number of hydrogen-bond donors (Lipinski definition) is 2. The molecule has 3 unspecified atom stereocenters. The Labute approximate surface area is 111 Å². The summed E-state index contributed by atoms with van der Waals surface area (Å²) in [5.41, 5.74) is 0.444. The van der Waals surface area contributed by atoms with Crippen molar-refractivity contribution in [3.05, 3.63) is 35.6 Å². The summed E-state index contributed by atoms with van der Waals surface area (Å²) >= 11 is 0. The third-order valence-electron chi connectivity index (χ3n) is 2.91. The summed E-state index contributed by atoms with van der Waals surface area (Å²) in [5.74, 6) is -1.82. The molecule has 3 atom stereocenters. The van der Waals surface area contributed by atoms with Crippen LogP contribution in [-0.4, -0.2) is 23.8 Å². The van der Waals surface area contributed by atoms with Crippen LogP contribution in [-0.2, 0) is 10.5 Å². The Hall–Kier alpha value is -0.490. The highest BCUT2D eigenvalue weighted by Crippen LogP contribution is 2.30. The zero-order valence-corrected chi connectivity index (χ0v) is 11.5. The van der Waals surface area contributed by atoms with E-state index >= 15 is 0 Å². The lowest BCUT2D eigenvalue weighted by Crippen LogP contribution is -2.58. The molecule has 1 saturated heterocycles. The van der Waals surface area contributed by atoms with E-state index in [0.29, 0.717) is 12.2 Å². The lowest BCUT2D eigenvalue weighted by atomic mass is 9.96. The second kappa shape index (κ2) is 5.44. The van der Waals surface area contributed by atoms with Gasteiger partial charge >= 0.3 is 0 Å². The lowest BCUT2D eigenvalue weighted by molar-refractivity contribution is -0.252. The van der Waals surface area contributed by atoms with Gasteiger partial charge in [0.05, 0.1) is 12.6 Å². The fourth-order valence-electron chi connectivity index (χ4n) is 2.01. The third kappa shape index (κ3) is 2.85. The number of nitrogens with one attached hydrogen (secondary N) is 1. The van der Waals surface area contributed by atoms with Crippen molar-refractivity contribution in [1.82, 2.24) is 5.32 Å². The van der Waals surface area contributed by atoms with Gasteiger partial charge in [-0.25, -0.2) is 4.39 Å². The van der Waals surface area contributed by atoms with Crippen molar-refractivity contribution >= 4 is 17.0 Å². The number of rotatable bonds is 1. The zero-order valence-electron chi connectivity index (χ0n) is 9.81. The van der Waals surface area contributed by atoms with Gasteiger partial charge in [-0.15, -0.1) is 17.0 Å². The molecular formula is C12H17BrFNO2. The van der Waals surface area contributed by atoms with Crippen LogP contribution in [0.2, 0.25) is 0 Å². The molecular weight excluding hydrogens is 289 g/mol. The van der Waals surface area contributed by atoms with Crippen LogP contribution in [0.4, 0.5) is 4.39 Å². The number of halogens is 2. The van der Waals surface area contributed by atoms with E-state index in [1.54, 1.807) is 12.1 Å². The van der Waals surface area contributed by atoms with Crippen LogP contribution in [0.15, 0.2) is 24.3 Å². The first kappa shape index (κ1) is 14.6. The van der Waals surface area contributed by atoms with E-state index in [2.05, 4.69) is 5.32 Å². The molecule has 0 amide bonds.